The maximum absolute atomic E-state index is 13.4. The van der Waals surface area contributed by atoms with Crippen LogP contribution in [0.25, 0.3) is 10.9 Å². The number of benzene rings is 2. The second-order valence-electron chi connectivity index (χ2n) is 9.89. The lowest BCUT2D eigenvalue weighted by molar-refractivity contribution is -0.125. The van der Waals surface area contributed by atoms with Gasteiger partial charge < -0.3 is 20.9 Å². The van der Waals surface area contributed by atoms with Crippen LogP contribution in [0.3, 0.4) is 0 Å². The third-order valence-corrected chi connectivity index (χ3v) is 6.96. The number of rotatable bonds is 3. The van der Waals surface area contributed by atoms with Gasteiger partial charge in [-0.3, -0.25) is 9.69 Å². The molecule has 36 heavy (non-hydrogen) atoms. The smallest absolute Gasteiger partial charge is 0.318 e. The normalized spacial score (nSPS) is 21.3. The molecule has 2 bridgehead atoms. The summed E-state index contributed by atoms with van der Waals surface area (Å²) in [5.41, 5.74) is 1.89. The highest BCUT2D eigenvalue weighted by Gasteiger charge is 2.35. The van der Waals surface area contributed by atoms with Crippen LogP contribution in [0.15, 0.2) is 54.6 Å². The van der Waals surface area contributed by atoms with Gasteiger partial charge in [0.1, 0.15) is 23.8 Å². The fourth-order valence-corrected chi connectivity index (χ4v) is 4.86. The quantitative estimate of drug-likeness (QED) is 0.525. The van der Waals surface area contributed by atoms with Gasteiger partial charge in [0.2, 0.25) is 5.91 Å². The SMILES string of the molecule is CC(C)[C@@H]1Nc2nc(nc3ccccc23)CN2CCN(C(=O)N[C@H](C)c3ccccc3)CC2NC1=O. The molecule has 1 aromatic heterocycles. The molecule has 1 unspecified atom stereocenters. The Kier molecular flexibility index (Phi) is 6.73. The molecule has 0 saturated carbocycles. The number of nitrogens with one attached hydrogen (secondary N) is 3. The van der Waals surface area contributed by atoms with Crippen LogP contribution in [0, 0.1) is 5.92 Å². The van der Waals surface area contributed by atoms with Crippen LogP contribution >= 0.6 is 0 Å². The summed E-state index contributed by atoms with van der Waals surface area (Å²) < 4.78 is 0. The highest BCUT2D eigenvalue weighted by Crippen LogP contribution is 2.25. The van der Waals surface area contributed by atoms with Gasteiger partial charge in [-0.25, -0.2) is 14.8 Å². The Hall–Kier alpha value is -3.72. The predicted octanol–water partition coefficient (Wildman–Crippen LogP) is 3.11. The van der Waals surface area contributed by atoms with Crippen molar-refractivity contribution >= 4 is 28.7 Å². The van der Waals surface area contributed by atoms with Crippen molar-refractivity contribution in [3.05, 3.63) is 66.0 Å². The van der Waals surface area contributed by atoms with E-state index in [4.69, 9.17) is 9.97 Å². The first-order valence-electron chi connectivity index (χ1n) is 12.6. The van der Waals surface area contributed by atoms with E-state index in [2.05, 4.69) is 20.9 Å². The molecular formula is C27H33N7O2. The number of hydrogen-bond acceptors (Lipinski definition) is 6. The van der Waals surface area contributed by atoms with E-state index in [0.29, 0.717) is 37.8 Å². The van der Waals surface area contributed by atoms with E-state index >= 15 is 0 Å². The fourth-order valence-electron chi connectivity index (χ4n) is 4.86. The predicted molar refractivity (Wildman–Crippen MR) is 139 cm³/mol. The molecule has 3 amide bonds. The van der Waals surface area contributed by atoms with Gasteiger partial charge in [-0.1, -0.05) is 56.3 Å². The van der Waals surface area contributed by atoms with Crippen molar-refractivity contribution in [1.29, 1.82) is 0 Å². The molecule has 5 rings (SSSR count). The molecule has 2 aliphatic rings. The van der Waals surface area contributed by atoms with Crippen molar-refractivity contribution in [1.82, 2.24) is 30.4 Å². The van der Waals surface area contributed by atoms with Gasteiger partial charge in [-0.2, -0.15) is 0 Å². The molecule has 2 aromatic carbocycles. The van der Waals surface area contributed by atoms with Crippen molar-refractivity contribution in [3.8, 4) is 0 Å². The standard InChI is InChI=1S/C27H33N7O2/c1-17(2)24-26(35)31-23-16-34(27(36)28-18(3)19-9-5-4-6-10-19)14-13-33(23)15-22-29-21-12-8-7-11-20(21)25(30-22)32-24/h4-12,17-18,23-24H,13-16H2,1-3H3,(H,28,36)(H,31,35)(H,29,30,32)/t18-,23?,24+/m1/s1. The van der Waals surface area contributed by atoms with Crippen LogP contribution in [0.5, 0.6) is 0 Å². The maximum atomic E-state index is 13.4. The monoisotopic (exact) mass is 487 g/mol. The lowest BCUT2D eigenvalue weighted by Gasteiger charge is -2.42. The van der Waals surface area contributed by atoms with Crippen molar-refractivity contribution in [2.75, 3.05) is 25.0 Å². The number of anilines is 1. The van der Waals surface area contributed by atoms with Crippen molar-refractivity contribution in [2.24, 2.45) is 5.92 Å². The Bertz CT molecular complexity index is 1250. The summed E-state index contributed by atoms with van der Waals surface area (Å²) in [5, 5.41) is 10.6. The van der Waals surface area contributed by atoms with Crippen LogP contribution in [0.2, 0.25) is 0 Å². The summed E-state index contributed by atoms with van der Waals surface area (Å²) in [4.78, 5) is 40.1. The van der Waals surface area contributed by atoms with Crippen molar-refractivity contribution in [3.63, 3.8) is 0 Å². The minimum atomic E-state index is -0.474. The van der Waals surface area contributed by atoms with Crippen LogP contribution < -0.4 is 16.0 Å². The van der Waals surface area contributed by atoms with Crippen LogP contribution in [-0.2, 0) is 11.3 Å². The molecule has 1 fully saturated rings. The number of para-hydroxylation sites is 1. The largest absolute Gasteiger partial charge is 0.358 e. The number of nitrogens with zero attached hydrogens (tertiary/aromatic N) is 4. The Morgan fingerprint density at radius 1 is 1.00 bits per heavy atom. The van der Waals surface area contributed by atoms with E-state index in [-0.39, 0.29) is 30.1 Å². The number of amides is 3. The molecule has 3 aromatic rings. The summed E-state index contributed by atoms with van der Waals surface area (Å²) in [6.07, 6.45) is -0.344. The highest BCUT2D eigenvalue weighted by atomic mass is 16.2. The van der Waals surface area contributed by atoms with E-state index in [1.54, 1.807) is 4.90 Å². The molecule has 3 N–H and O–H groups in total. The number of carbonyl (C=O) groups excluding carboxylic acids is 2. The van der Waals surface area contributed by atoms with E-state index < -0.39 is 6.04 Å². The average Bonchev–Trinajstić information content (AvgIpc) is 2.88. The number of piperazine rings is 1. The summed E-state index contributed by atoms with van der Waals surface area (Å²) in [5.74, 6) is 1.29. The van der Waals surface area contributed by atoms with Gasteiger partial charge in [-0.05, 0) is 30.5 Å². The molecule has 3 atom stereocenters. The van der Waals surface area contributed by atoms with Crippen LogP contribution in [0.1, 0.15) is 38.2 Å². The van der Waals surface area contributed by atoms with E-state index in [0.717, 1.165) is 16.5 Å². The molecule has 0 radical (unpaired) electrons. The first-order valence-corrected chi connectivity index (χ1v) is 12.6. The summed E-state index contributed by atoms with van der Waals surface area (Å²) >= 11 is 0. The zero-order chi connectivity index (χ0) is 25.2. The lowest BCUT2D eigenvalue weighted by Crippen LogP contribution is -2.64. The molecule has 0 spiro atoms. The first kappa shape index (κ1) is 24.0. The first-order chi connectivity index (χ1) is 17.4. The second kappa shape index (κ2) is 10.1. The van der Waals surface area contributed by atoms with Gasteiger partial charge in [0.15, 0.2) is 0 Å². The van der Waals surface area contributed by atoms with E-state index in [1.807, 2.05) is 75.4 Å². The summed E-state index contributed by atoms with van der Waals surface area (Å²) in [7, 11) is 0. The Balaban J connectivity index is 1.39. The van der Waals surface area contributed by atoms with Crippen molar-refractivity contribution in [2.45, 2.75) is 45.6 Å². The molecule has 0 aliphatic carbocycles. The van der Waals surface area contributed by atoms with Gasteiger partial charge in [-0.15, -0.1) is 0 Å². The lowest BCUT2D eigenvalue weighted by atomic mass is 10.0. The third-order valence-electron chi connectivity index (χ3n) is 6.96. The minimum Gasteiger partial charge on any atom is -0.358 e. The Labute approximate surface area is 211 Å². The summed E-state index contributed by atoms with van der Waals surface area (Å²) in [6, 6.07) is 17.0. The number of hydrogen-bond donors (Lipinski definition) is 3. The van der Waals surface area contributed by atoms with Crippen LogP contribution in [-0.4, -0.2) is 63.5 Å². The number of fused-ring (bicyclic) bond motifs is 5. The summed E-state index contributed by atoms with van der Waals surface area (Å²) in [6.45, 7) is 8.00. The minimum absolute atomic E-state index is 0.0322. The average molecular weight is 488 g/mol. The number of urea groups is 1. The molecule has 1 saturated heterocycles. The molecule has 2 aliphatic heterocycles. The molecule has 188 valence electrons. The van der Waals surface area contributed by atoms with Crippen LogP contribution in [0.4, 0.5) is 10.6 Å². The Morgan fingerprint density at radius 2 is 1.75 bits per heavy atom. The van der Waals surface area contributed by atoms with Gasteiger partial charge in [0, 0.05) is 18.5 Å². The second-order valence-corrected chi connectivity index (χ2v) is 9.89. The molecule has 9 heteroatoms. The van der Waals surface area contributed by atoms with E-state index in [9.17, 15) is 9.59 Å². The van der Waals surface area contributed by atoms with Crippen molar-refractivity contribution < 1.29 is 9.59 Å². The topological polar surface area (TPSA) is 102 Å². The van der Waals surface area contributed by atoms with E-state index in [1.165, 1.54) is 0 Å². The third kappa shape index (κ3) is 4.97. The van der Waals surface area contributed by atoms with Gasteiger partial charge >= 0.3 is 6.03 Å². The number of aromatic nitrogens is 2. The highest BCUT2D eigenvalue weighted by molar-refractivity contribution is 5.92. The zero-order valence-electron chi connectivity index (χ0n) is 20.9. The van der Waals surface area contributed by atoms with Gasteiger partial charge in [0.25, 0.3) is 0 Å². The molecule has 9 nitrogen and oxygen atoms in total. The zero-order valence-corrected chi connectivity index (χ0v) is 20.9. The number of carbonyl (C=O) groups is 2. The molecular weight excluding hydrogens is 454 g/mol. The maximum Gasteiger partial charge on any atom is 0.318 e. The Morgan fingerprint density at radius 3 is 2.53 bits per heavy atom. The fraction of sp³-hybridized carbons (Fsp3) is 0.407. The molecule has 3 heterocycles. The van der Waals surface area contributed by atoms with Gasteiger partial charge in [0.05, 0.1) is 24.6 Å².